The molecule has 2 N–H and O–H groups in total. The van der Waals surface area contributed by atoms with Crippen LogP contribution >= 0.6 is 11.6 Å². The van der Waals surface area contributed by atoms with Crippen LogP contribution in [0.3, 0.4) is 0 Å². The first kappa shape index (κ1) is 15.5. The number of halogens is 1. The largest absolute Gasteiger partial charge is 0.506 e. The fourth-order valence-corrected chi connectivity index (χ4v) is 4.82. The number of nitrogens with zero attached hydrogens (tertiary/aromatic N) is 1. The lowest BCUT2D eigenvalue weighted by molar-refractivity contribution is -0.385. The molecule has 126 valence electrons. The molecular weight excluding hydrogens is 328 g/mol. The summed E-state index contributed by atoms with van der Waals surface area (Å²) in [7, 11) is 0. The van der Waals surface area contributed by atoms with Gasteiger partial charge in [-0.25, -0.2) is 0 Å². The Bertz CT molecular complexity index is 759. The first-order valence-corrected chi connectivity index (χ1v) is 8.73. The fraction of sp³-hybridized carbons (Fsp3) is 0.444. The number of hydrogen-bond acceptors (Lipinski definition) is 4. The van der Waals surface area contributed by atoms with Crippen LogP contribution in [-0.2, 0) is 0 Å². The summed E-state index contributed by atoms with van der Waals surface area (Å²) in [6.45, 7) is 0. The summed E-state index contributed by atoms with van der Waals surface area (Å²) in [6, 6.07) is 1.48. The van der Waals surface area contributed by atoms with E-state index >= 15 is 0 Å². The topological polar surface area (TPSA) is 75.4 Å². The Kier molecular flexibility index (Phi) is 3.76. The van der Waals surface area contributed by atoms with Gasteiger partial charge >= 0.3 is 0 Å². The standard InChI is InChI=1S/C18H19ClN2O3/c19-13-9-14(22)17-15(18(13)21(23)24)11-7-4-8-12(11)16(20-17)10-5-2-1-3-6-10/h1-2,4,7,9-12,16,20,22H,3,5-6,8H2/t10-,11+,12+,16-/m0/s1. The number of rotatable bonds is 2. The highest BCUT2D eigenvalue weighted by atomic mass is 35.5. The highest BCUT2D eigenvalue weighted by Gasteiger charge is 2.45. The molecule has 4 rings (SSSR count). The zero-order valence-corrected chi connectivity index (χ0v) is 13.9. The quantitative estimate of drug-likeness (QED) is 0.350. The third-order valence-electron chi connectivity index (χ3n) is 5.59. The Morgan fingerprint density at radius 2 is 2.12 bits per heavy atom. The van der Waals surface area contributed by atoms with Crippen molar-refractivity contribution in [1.82, 2.24) is 0 Å². The van der Waals surface area contributed by atoms with E-state index in [0.29, 0.717) is 17.2 Å². The Hall–Kier alpha value is -2.01. The van der Waals surface area contributed by atoms with E-state index in [1.165, 1.54) is 6.07 Å². The summed E-state index contributed by atoms with van der Waals surface area (Å²) in [5, 5.41) is 25.4. The molecule has 2 aliphatic carbocycles. The molecule has 0 saturated heterocycles. The highest BCUT2D eigenvalue weighted by Crippen LogP contribution is 2.54. The predicted octanol–water partition coefficient (Wildman–Crippen LogP) is 4.76. The number of hydrogen-bond donors (Lipinski definition) is 2. The van der Waals surface area contributed by atoms with Gasteiger partial charge in [-0.15, -0.1) is 0 Å². The Morgan fingerprint density at radius 3 is 2.83 bits per heavy atom. The van der Waals surface area contributed by atoms with E-state index in [1.807, 2.05) is 6.08 Å². The van der Waals surface area contributed by atoms with Crippen molar-refractivity contribution in [2.45, 2.75) is 37.6 Å². The van der Waals surface area contributed by atoms with Gasteiger partial charge in [0.05, 0.1) is 16.2 Å². The maximum absolute atomic E-state index is 11.6. The third-order valence-corrected chi connectivity index (χ3v) is 5.88. The van der Waals surface area contributed by atoms with Crippen LogP contribution in [0.25, 0.3) is 0 Å². The number of anilines is 1. The zero-order valence-electron chi connectivity index (χ0n) is 13.1. The van der Waals surface area contributed by atoms with E-state index < -0.39 is 4.92 Å². The summed E-state index contributed by atoms with van der Waals surface area (Å²) in [5.41, 5.74) is 0.935. The minimum atomic E-state index is -0.435. The number of fused-ring (bicyclic) bond motifs is 3. The molecule has 6 heteroatoms. The van der Waals surface area contributed by atoms with E-state index in [9.17, 15) is 15.2 Å². The van der Waals surface area contributed by atoms with Crippen molar-refractivity contribution in [3.63, 3.8) is 0 Å². The monoisotopic (exact) mass is 346 g/mol. The van der Waals surface area contributed by atoms with Crippen molar-refractivity contribution >= 4 is 23.0 Å². The molecule has 1 aromatic carbocycles. The molecule has 24 heavy (non-hydrogen) atoms. The highest BCUT2D eigenvalue weighted by molar-refractivity contribution is 6.33. The van der Waals surface area contributed by atoms with Crippen LogP contribution in [0.4, 0.5) is 11.4 Å². The number of aromatic hydroxyl groups is 1. The maximum atomic E-state index is 11.6. The minimum absolute atomic E-state index is 0.00357. The predicted molar refractivity (Wildman–Crippen MR) is 93.7 cm³/mol. The van der Waals surface area contributed by atoms with Crippen LogP contribution < -0.4 is 5.32 Å². The molecule has 0 saturated carbocycles. The molecular formula is C18H19ClN2O3. The number of nitro groups is 1. The second kappa shape index (κ2) is 5.81. The average Bonchev–Trinajstić information content (AvgIpc) is 3.04. The van der Waals surface area contributed by atoms with Crippen LogP contribution in [-0.4, -0.2) is 16.1 Å². The van der Waals surface area contributed by atoms with E-state index in [1.54, 1.807) is 0 Å². The molecule has 0 spiro atoms. The molecule has 1 aromatic rings. The van der Waals surface area contributed by atoms with E-state index in [2.05, 4.69) is 23.5 Å². The summed E-state index contributed by atoms with van der Waals surface area (Å²) >= 11 is 6.07. The molecule has 0 amide bonds. The van der Waals surface area contributed by atoms with Crippen LogP contribution in [0, 0.1) is 22.0 Å². The first-order chi connectivity index (χ1) is 11.6. The fourth-order valence-electron chi connectivity index (χ4n) is 4.54. The van der Waals surface area contributed by atoms with Gasteiger partial charge in [0.1, 0.15) is 10.8 Å². The van der Waals surface area contributed by atoms with E-state index in [4.69, 9.17) is 11.6 Å². The molecule has 1 aliphatic heterocycles. The molecule has 5 nitrogen and oxygen atoms in total. The summed E-state index contributed by atoms with van der Waals surface area (Å²) in [4.78, 5) is 11.1. The van der Waals surface area contributed by atoms with Crippen LogP contribution in [0.1, 0.15) is 37.2 Å². The van der Waals surface area contributed by atoms with Gasteiger partial charge < -0.3 is 10.4 Å². The Labute approximate surface area is 145 Å². The lowest BCUT2D eigenvalue weighted by Crippen LogP contribution is -2.42. The van der Waals surface area contributed by atoms with Gasteiger partial charge in [0, 0.05) is 18.0 Å². The summed E-state index contributed by atoms with van der Waals surface area (Å²) in [6.07, 6.45) is 12.6. The number of phenols is 1. The minimum Gasteiger partial charge on any atom is -0.506 e. The molecule has 3 aliphatic rings. The number of nitro benzene ring substituents is 1. The SMILES string of the molecule is O=[N+]([O-])c1c(Cl)cc(O)c2c1[C@@H]1C=CC[C@H]1[C@H]([C@H]1CC=CCC1)N2. The molecule has 0 radical (unpaired) electrons. The van der Waals surface area contributed by atoms with Crippen LogP contribution in [0.5, 0.6) is 5.75 Å². The second-order valence-corrected chi connectivity index (χ2v) is 7.25. The second-order valence-electron chi connectivity index (χ2n) is 6.84. The molecule has 0 fully saturated rings. The van der Waals surface area contributed by atoms with Crippen molar-refractivity contribution in [3.05, 3.63) is 51.1 Å². The normalized spacial score (nSPS) is 30.5. The van der Waals surface area contributed by atoms with Crippen molar-refractivity contribution in [1.29, 1.82) is 0 Å². The molecule has 0 unspecified atom stereocenters. The van der Waals surface area contributed by atoms with Gasteiger partial charge in [-0.05, 0) is 37.5 Å². The van der Waals surface area contributed by atoms with Crippen LogP contribution in [0.2, 0.25) is 5.02 Å². The van der Waals surface area contributed by atoms with E-state index in [0.717, 1.165) is 25.7 Å². The van der Waals surface area contributed by atoms with Gasteiger partial charge in [-0.1, -0.05) is 35.9 Å². The molecule has 4 atom stereocenters. The Morgan fingerprint density at radius 1 is 1.29 bits per heavy atom. The van der Waals surface area contributed by atoms with Gasteiger partial charge in [-0.2, -0.15) is 0 Å². The van der Waals surface area contributed by atoms with Crippen molar-refractivity contribution in [2.24, 2.45) is 11.8 Å². The zero-order chi connectivity index (χ0) is 16.8. The molecule has 1 heterocycles. The average molecular weight is 347 g/mol. The van der Waals surface area contributed by atoms with Gasteiger partial charge in [0.25, 0.3) is 5.69 Å². The number of phenolic OH excluding ortho intramolecular Hbond substituents is 1. The third kappa shape index (κ3) is 2.30. The molecule has 0 aromatic heterocycles. The van der Waals surface area contributed by atoms with Crippen molar-refractivity contribution in [2.75, 3.05) is 5.32 Å². The van der Waals surface area contributed by atoms with Gasteiger partial charge in [-0.3, -0.25) is 10.1 Å². The van der Waals surface area contributed by atoms with Crippen molar-refractivity contribution < 1.29 is 10.0 Å². The Balaban J connectivity index is 1.84. The van der Waals surface area contributed by atoms with Crippen molar-refractivity contribution in [3.8, 4) is 5.75 Å². The lowest BCUT2D eigenvalue weighted by atomic mass is 9.71. The van der Waals surface area contributed by atoms with Gasteiger partial charge in [0.2, 0.25) is 0 Å². The lowest BCUT2D eigenvalue weighted by Gasteiger charge is -2.41. The summed E-state index contributed by atoms with van der Waals surface area (Å²) < 4.78 is 0. The summed E-state index contributed by atoms with van der Waals surface area (Å²) in [5.74, 6) is 0.674. The van der Waals surface area contributed by atoms with E-state index in [-0.39, 0.29) is 34.3 Å². The van der Waals surface area contributed by atoms with Crippen LogP contribution in [0.15, 0.2) is 30.4 Å². The number of allylic oxidation sites excluding steroid dienone is 4. The smallest absolute Gasteiger partial charge is 0.293 e. The molecule has 0 bridgehead atoms. The van der Waals surface area contributed by atoms with Gasteiger partial charge in [0.15, 0.2) is 0 Å². The number of nitrogens with one attached hydrogen (secondary N) is 1. The maximum Gasteiger partial charge on any atom is 0.293 e. The first-order valence-electron chi connectivity index (χ1n) is 8.36. The number of benzene rings is 1.